The molecular weight excluding hydrogens is 252 g/mol. The summed E-state index contributed by atoms with van der Waals surface area (Å²) in [7, 11) is 0. The quantitative estimate of drug-likeness (QED) is 0.707. The smallest absolute Gasteiger partial charge is 0.135 e. The van der Waals surface area contributed by atoms with E-state index in [9.17, 15) is 4.79 Å². The lowest BCUT2D eigenvalue weighted by Gasteiger charge is -2.12. The predicted molar refractivity (Wildman–Crippen MR) is 79.1 cm³/mol. The third kappa shape index (κ3) is 2.39. The van der Waals surface area contributed by atoms with Crippen LogP contribution >= 0.6 is 0 Å². The number of para-hydroxylation sites is 1. The Bertz CT molecular complexity index is 770. The molecule has 3 aromatic rings. The second-order valence-corrected chi connectivity index (χ2v) is 5.09. The molecule has 1 atom stereocenters. The van der Waals surface area contributed by atoms with Gasteiger partial charge in [0.2, 0.25) is 0 Å². The van der Waals surface area contributed by atoms with Gasteiger partial charge in [-0.1, -0.05) is 18.2 Å². The van der Waals surface area contributed by atoms with Crippen molar-refractivity contribution in [2.24, 2.45) is 0 Å². The van der Waals surface area contributed by atoms with Gasteiger partial charge in [0, 0.05) is 17.2 Å². The molecule has 3 rings (SSSR count). The minimum Gasteiger partial charge on any atom is -0.490 e. The number of hydrogen-bond acceptors (Lipinski definition) is 3. The molecule has 1 unspecified atom stereocenters. The standard InChI is InChI=1S/C17H16O3/c1-11(18)9-12(2)19-13-7-8-17-15(10-13)14-5-3-4-6-16(14)20-17/h3-8,10,12H,9H2,1-2H3. The van der Waals surface area contributed by atoms with Crippen LogP contribution in [0.25, 0.3) is 21.9 Å². The third-order valence-electron chi connectivity index (χ3n) is 3.26. The van der Waals surface area contributed by atoms with Crippen LogP contribution in [0.5, 0.6) is 5.75 Å². The van der Waals surface area contributed by atoms with Crippen molar-refractivity contribution in [3.05, 3.63) is 42.5 Å². The Hall–Kier alpha value is -2.29. The average molecular weight is 268 g/mol. The molecule has 3 heteroatoms. The van der Waals surface area contributed by atoms with Crippen LogP contribution in [0, 0.1) is 0 Å². The van der Waals surface area contributed by atoms with Crippen molar-refractivity contribution in [1.82, 2.24) is 0 Å². The molecule has 0 spiro atoms. The van der Waals surface area contributed by atoms with Crippen molar-refractivity contribution < 1.29 is 13.9 Å². The number of ketones is 1. The molecule has 1 aromatic heterocycles. The van der Waals surface area contributed by atoms with Crippen LogP contribution in [-0.2, 0) is 4.79 Å². The van der Waals surface area contributed by atoms with E-state index in [0.717, 1.165) is 27.7 Å². The van der Waals surface area contributed by atoms with Crippen LogP contribution in [-0.4, -0.2) is 11.9 Å². The van der Waals surface area contributed by atoms with Crippen molar-refractivity contribution in [3.8, 4) is 5.75 Å². The first-order valence-electron chi connectivity index (χ1n) is 6.71. The van der Waals surface area contributed by atoms with Gasteiger partial charge in [0.25, 0.3) is 0 Å². The predicted octanol–water partition coefficient (Wildman–Crippen LogP) is 4.33. The summed E-state index contributed by atoms with van der Waals surface area (Å²) in [6, 6.07) is 13.7. The zero-order valence-electron chi connectivity index (χ0n) is 11.6. The van der Waals surface area contributed by atoms with E-state index in [-0.39, 0.29) is 11.9 Å². The molecule has 0 N–H and O–H groups in total. The van der Waals surface area contributed by atoms with E-state index in [0.29, 0.717) is 6.42 Å². The molecule has 0 aliphatic heterocycles. The third-order valence-corrected chi connectivity index (χ3v) is 3.26. The SMILES string of the molecule is CC(=O)CC(C)Oc1ccc2oc3ccccc3c2c1. The lowest BCUT2D eigenvalue weighted by atomic mass is 10.1. The summed E-state index contributed by atoms with van der Waals surface area (Å²) in [5.74, 6) is 0.894. The number of furan rings is 1. The van der Waals surface area contributed by atoms with Crippen molar-refractivity contribution in [2.75, 3.05) is 0 Å². The van der Waals surface area contributed by atoms with Crippen molar-refractivity contribution in [2.45, 2.75) is 26.4 Å². The van der Waals surface area contributed by atoms with Crippen LogP contribution < -0.4 is 4.74 Å². The topological polar surface area (TPSA) is 39.4 Å². The molecule has 0 aliphatic rings. The zero-order chi connectivity index (χ0) is 14.1. The molecule has 0 bridgehead atoms. The Morgan fingerprint density at radius 2 is 1.90 bits per heavy atom. The summed E-state index contributed by atoms with van der Waals surface area (Å²) in [5.41, 5.74) is 1.72. The van der Waals surface area contributed by atoms with Crippen LogP contribution in [0.1, 0.15) is 20.3 Å². The van der Waals surface area contributed by atoms with E-state index in [1.165, 1.54) is 0 Å². The summed E-state index contributed by atoms with van der Waals surface area (Å²) < 4.78 is 11.6. The molecule has 0 aliphatic carbocycles. The number of carbonyl (C=O) groups excluding carboxylic acids is 1. The maximum atomic E-state index is 11.1. The first kappa shape index (κ1) is 12.7. The molecule has 3 nitrogen and oxygen atoms in total. The van der Waals surface area contributed by atoms with E-state index in [1.807, 2.05) is 49.4 Å². The van der Waals surface area contributed by atoms with Gasteiger partial charge in [0.05, 0.1) is 0 Å². The number of hydrogen-bond donors (Lipinski definition) is 0. The monoisotopic (exact) mass is 268 g/mol. The molecule has 0 saturated heterocycles. The Kier molecular flexibility index (Phi) is 3.18. The maximum absolute atomic E-state index is 11.1. The normalized spacial score (nSPS) is 12.7. The second-order valence-electron chi connectivity index (χ2n) is 5.09. The Balaban J connectivity index is 1.97. The molecule has 2 aromatic carbocycles. The summed E-state index contributed by atoms with van der Waals surface area (Å²) in [6.07, 6.45) is 0.299. The fourth-order valence-corrected chi connectivity index (χ4v) is 2.46. The fraction of sp³-hybridized carbons (Fsp3) is 0.235. The van der Waals surface area contributed by atoms with Gasteiger partial charge in [0.1, 0.15) is 28.8 Å². The first-order chi connectivity index (χ1) is 9.63. The lowest BCUT2D eigenvalue weighted by molar-refractivity contribution is -0.118. The number of carbonyl (C=O) groups is 1. The minimum atomic E-state index is -0.122. The van der Waals surface area contributed by atoms with Crippen LogP contribution in [0.15, 0.2) is 46.9 Å². The molecule has 0 amide bonds. The number of rotatable bonds is 4. The van der Waals surface area contributed by atoms with Crippen LogP contribution in [0.2, 0.25) is 0 Å². The minimum absolute atomic E-state index is 0.122. The van der Waals surface area contributed by atoms with Gasteiger partial charge < -0.3 is 9.15 Å². The first-order valence-corrected chi connectivity index (χ1v) is 6.71. The highest BCUT2D eigenvalue weighted by atomic mass is 16.5. The van der Waals surface area contributed by atoms with E-state index in [2.05, 4.69) is 0 Å². The van der Waals surface area contributed by atoms with E-state index < -0.39 is 0 Å². The lowest BCUT2D eigenvalue weighted by Crippen LogP contribution is -2.15. The van der Waals surface area contributed by atoms with Crippen molar-refractivity contribution >= 4 is 27.7 Å². The Morgan fingerprint density at radius 3 is 2.70 bits per heavy atom. The highest BCUT2D eigenvalue weighted by Crippen LogP contribution is 2.31. The van der Waals surface area contributed by atoms with Gasteiger partial charge in [-0.15, -0.1) is 0 Å². The summed E-state index contributed by atoms with van der Waals surface area (Å²) in [6.45, 7) is 3.48. The molecular formula is C17H16O3. The number of benzene rings is 2. The summed E-state index contributed by atoms with van der Waals surface area (Å²) >= 11 is 0. The molecule has 0 saturated carbocycles. The van der Waals surface area contributed by atoms with Crippen LogP contribution in [0.4, 0.5) is 0 Å². The molecule has 20 heavy (non-hydrogen) atoms. The molecule has 1 heterocycles. The number of Topliss-reactive ketones (excluding diaryl/α,β-unsaturated/α-hetero) is 1. The Labute approximate surface area is 117 Å². The van der Waals surface area contributed by atoms with Gasteiger partial charge in [-0.3, -0.25) is 4.79 Å². The summed E-state index contributed by atoms with van der Waals surface area (Å²) in [5, 5.41) is 2.11. The molecule has 0 radical (unpaired) electrons. The van der Waals surface area contributed by atoms with Gasteiger partial charge in [-0.25, -0.2) is 0 Å². The molecule has 0 fully saturated rings. The number of ether oxygens (including phenoxy) is 1. The maximum Gasteiger partial charge on any atom is 0.135 e. The highest BCUT2D eigenvalue weighted by molar-refractivity contribution is 6.05. The van der Waals surface area contributed by atoms with Crippen LogP contribution in [0.3, 0.4) is 0 Å². The van der Waals surface area contributed by atoms with Crippen molar-refractivity contribution in [3.63, 3.8) is 0 Å². The van der Waals surface area contributed by atoms with Gasteiger partial charge in [-0.05, 0) is 38.1 Å². The van der Waals surface area contributed by atoms with Gasteiger partial charge in [-0.2, -0.15) is 0 Å². The Morgan fingerprint density at radius 1 is 1.15 bits per heavy atom. The zero-order valence-corrected chi connectivity index (χ0v) is 11.6. The van der Waals surface area contributed by atoms with E-state index in [4.69, 9.17) is 9.15 Å². The highest BCUT2D eigenvalue weighted by Gasteiger charge is 2.10. The van der Waals surface area contributed by atoms with Gasteiger partial charge >= 0.3 is 0 Å². The van der Waals surface area contributed by atoms with Crippen molar-refractivity contribution in [1.29, 1.82) is 0 Å². The second kappa shape index (κ2) is 5.00. The number of fused-ring (bicyclic) bond motifs is 3. The largest absolute Gasteiger partial charge is 0.490 e. The molecule has 102 valence electrons. The fourth-order valence-electron chi connectivity index (χ4n) is 2.46. The summed E-state index contributed by atoms with van der Waals surface area (Å²) in [4.78, 5) is 11.1. The van der Waals surface area contributed by atoms with E-state index >= 15 is 0 Å². The average Bonchev–Trinajstić information content (AvgIpc) is 2.76. The van der Waals surface area contributed by atoms with Gasteiger partial charge in [0.15, 0.2) is 0 Å². The van der Waals surface area contributed by atoms with E-state index in [1.54, 1.807) is 6.92 Å².